The van der Waals surface area contributed by atoms with Crippen LogP contribution in [0.5, 0.6) is 0 Å². The summed E-state index contributed by atoms with van der Waals surface area (Å²) in [5.74, 6) is -4.55. The van der Waals surface area contributed by atoms with E-state index in [-0.39, 0.29) is 25.2 Å². The third-order valence-corrected chi connectivity index (χ3v) is 5.21. The van der Waals surface area contributed by atoms with Crippen molar-refractivity contribution in [1.29, 1.82) is 0 Å². The zero-order valence-electron chi connectivity index (χ0n) is 19.2. The Morgan fingerprint density at radius 2 is 1.48 bits per heavy atom. The third kappa shape index (κ3) is 11.6. The SMILES string of the molecule is CCC(C)C(NC(=O)C(CO)NC(=O)C(CCCCN)NC(=O)C(N)CCC(N)=O)C(=O)O. The molecular formula is C20H38N6O7. The largest absolute Gasteiger partial charge is 0.480 e. The highest BCUT2D eigenvalue weighted by Crippen LogP contribution is 2.09. The van der Waals surface area contributed by atoms with Crippen LogP contribution in [0.4, 0.5) is 0 Å². The van der Waals surface area contributed by atoms with Gasteiger partial charge in [0, 0.05) is 6.42 Å². The number of primary amides is 1. The minimum absolute atomic E-state index is 0.00777. The molecule has 0 aliphatic carbocycles. The minimum Gasteiger partial charge on any atom is -0.480 e. The number of carboxylic acids is 1. The van der Waals surface area contributed by atoms with E-state index in [1.54, 1.807) is 13.8 Å². The molecule has 0 fully saturated rings. The summed E-state index contributed by atoms with van der Waals surface area (Å²) in [6, 6.07) is -4.79. The van der Waals surface area contributed by atoms with Gasteiger partial charge < -0.3 is 43.4 Å². The number of unbranched alkanes of at least 4 members (excludes halogenated alkanes) is 1. The average molecular weight is 475 g/mol. The zero-order valence-corrected chi connectivity index (χ0v) is 19.2. The first kappa shape index (κ1) is 30.2. The Morgan fingerprint density at radius 1 is 0.909 bits per heavy atom. The Morgan fingerprint density at radius 3 is 1.97 bits per heavy atom. The Hall–Kier alpha value is -2.77. The van der Waals surface area contributed by atoms with E-state index in [0.29, 0.717) is 25.8 Å². The van der Waals surface area contributed by atoms with E-state index in [4.69, 9.17) is 17.2 Å². The van der Waals surface area contributed by atoms with Crippen LogP contribution in [0.1, 0.15) is 52.4 Å². The molecular weight excluding hydrogens is 436 g/mol. The maximum atomic E-state index is 12.8. The van der Waals surface area contributed by atoms with Crippen LogP contribution in [0.3, 0.4) is 0 Å². The first-order chi connectivity index (χ1) is 15.5. The molecule has 0 aromatic carbocycles. The fourth-order valence-corrected chi connectivity index (χ4v) is 2.87. The highest BCUT2D eigenvalue weighted by Gasteiger charge is 2.31. The van der Waals surface area contributed by atoms with Gasteiger partial charge in [-0.2, -0.15) is 0 Å². The van der Waals surface area contributed by atoms with Crippen molar-refractivity contribution in [3.63, 3.8) is 0 Å². The van der Waals surface area contributed by atoms with Crippen molar-refractivity contribution < 1.29 is 34.2 Å². The fraction of sp³-hybridized carbons (Fsp3) is 0.750. The molecule has 13 heteroatoms. The number of hydrogen-bond donors (Lipinski definition) is 8. The molecule has 4 amide bonds. The second-order valence-electron chi connectivity index (χ2n) is 7.91. The fourth-order valence-electron chi connectivity index (χ4n) is 2.87. The van der Waals surface area contributed by atoms with Gasteiger partial charge in [-0.1, -0.05) is 20.3 Å². The van der Waals surface area contributed by atoms with E-state index in [1.807, 2.05) is 0 Å². The highest BCUT2D eigenvalue weighted by molar-refractivity contribution is 5.94. The number of amides is 4. The number of carbonyl (C=O) groups excluding carboxylic acids is 4. The Kier molecular flexibility index (Phi) is 14.6. The van der Waals surface area contributed by atoms with Crippen LogP contribution in [-0.2, 0) is 24.0 Å². The number of aliphatic hydroxyl groups is 1. The molecule has 0 saturated heterocycles. The average Bonchev–Trinajstić information content (AvgIpc) is 2.77. The monoisotopic (exact) mass is 474 g/mol. The Labute approximate surface area is 193 Å². The van der Waals surface area contributed by atoms with Crippen LogP contribution < -0.4 is 33.2 Å². The van der Waals surface area contributed by atoms with E-state index < -0.39 is 60.4 Å². The molecule has 33 heavy (non-hydrogen) atoms. The maximum Gasteiger partial charge on any atom is 0.326 e. The summed E-state index contributed by atoms with van der Waals surface area (Å²) in [4.78, 5) is 59.9. The predicted octanol–water partition coefficient (Wildman–Crippen LogP) is -2.71. The predicted molar refractivity (Wildman–Crippen MR) is 119 cm³/mol. The molecule has 0 bridgehead atoms. The van der Waals surface area contributed by atoms with Crippen LogP contribution >= 0.6 is 0 Å². The standard InChI is InChI=1S/C20H38N6O7/c1-3-11(2)16(20(32)33)26-19(31)14(10-27)25-18(30)13(6-4-5-9-21)24-17(29)12(22)7-8-15(23)28/h11-14,16,27H,3-10,21-22H2,1-2H3,(H2,23,28)(H,24,29)(H,25,30)(H,26,31)(H,32,33). The highest BCUT2D eigenvalue weighted by atomic mass is 16.4. The molecule has 5 atom stereocenters. The van der Waals surface area contributed by atoms with Gasteiger partial charge in [0.1, 0.15) is 18.1 Å². The molecule has 0 aliphatic heterocycles. The number of carboxylic acid groups (broad SMARTS) is 1. The van der Waals surface area contributed by atoms with Crippen molar-refractivity contribution in [1.82, 2.24) is 16.0 Å². The lowest BCUT2D eigenvalue weighted by molar-refractivity contribution is -0.144. The molecule has 5 unspecified atom stereocenters. The molecule has 0 saturated carbocycles. The summed E-state index contributed by atoms with van der Waals surface area (Å²) >= 11 is 0. The summed E-state index contributed by atoms with van der Waals surface area (Å²) in [6.07, 6.45) is 1.61. The van der Waals surface area contributed by atoms with E-state index in [1.165, 1.54) is 0 Å². The topological polar surface area (TPSA) is 240 Å². The molecule has 11 N–H and O–H groups in total. The van der Waals surface area contributed by atoms with Crippen molar-refractivity contribution in [2.45, 2.75) is 76.5 Å². The van der Waals surface area contributed by atoms with Crippen molar-refractivity contribution in [3.05, 3.63) is 0 Å². The van der Waals surface area contributed by atoms with E-state index in [2.05, 4.69) is 16.0 Å². The molecule has 0 radical (unpaired) electrons. The molecule has 13 nitrogen and oxygen atoms in total. The second-order valence-corrected chi connectivity index (χ2v) is 7.91. The lowest BCUT2D eigenvalue weighted by Crippen LogP contribution is -2.58. The quantitative estimate of drug-likeness (QED) is 0.102. The first-order valence-corrected chi connectivity index (χ1v) is 11.0. The zero-order chi connectivity index (χ0) is 25.6. The lowest BCUT2D eigenvalue weighted by atomic mass is 9.99. The maximum absolute atomic E-state index is 12.8. The molecule has 0 heterocycles. The van der Waals surface area contributed by atoms with Crippen LogP contribution in [0.2, 0.25) is 0 Å². The third-order valence-electron chi connectivity index (χ3n) is 5.21. The Balaban J connectivity index is 5.27. The first-order valence-electron chi connectivity index (χ1n) is 11.0. The van der Waals surface area contributed by atoms with E-state index in [0.717, 1.165) is 0 Å². The molecule has 0 aromatic rings. The van der Waals surface area contributed by atoms with Gasteiger partial charge >= 0.3 is 5.97 Å². The summed E-state index contributed by atoms with van der Waals surface area (Å²) in [6.45, 7) is 3.00. The molecule has 0 rings (SSSR count). The van der Waals surface area contributed by atoms with Gasteiger partial charge in [0.2, 0.25) is 23.6 Å². The van der Waals surface area contributed by atoms with Crippen molar-refractivity contribution >= 4 is 29.6 Å². The number of carbonyl (C=O) groups is 5. The minimum atomic E-state index is -1.43. The van der Waals surface area contributed by atoms with Gasteiger partial charge in [0.25, 0.3) is 0 Å². The van der Waals surface area contributed by atoms with Crippen LogP contribution in [-0.4, -0.2) is 77.1 Å². The van der Waals surface area contributed by atoms with Gasteiger partial charge in [-0.3, -0.25) is 19.2 Å². The molecule has 0 aliphatic rings. The van der Waals surface area contributed by atoms with Gasteiger partial charge in [-0.25, -0.2) is 4.79 Å². The number of nitrogens with one attached hydrogen (secondary N) is 3. The summed E-state index contributed by atoms with van der Waals surface area (Å²) in [5, 5.41) is 26.1. The van der Waals surface area contributed by atoms with Gasteiger partial charge in [0.05, 0.1) is 12.6 Å². The number of rotatable bonds is 17. The van der Waals surface area contributed by atoms with Gasteiger partial charge in [0.15, 0.2) is 0 Å². The number of aliphatic carboxylic acids is 1. The van der Waals surface area contributed by atoms with E-state index in [9.17, 15) is 34.2 Å². The molecule has 0 aromatic heterocycles. The summed E-state index contributed by atoms with van der Waals surface area (Å²) < 4.78 is 0. The summed E-state index contributed by atoms with van der Waals surface area (Å²) in [5.41, 5.74) is 16.3. The van der Waals surface area contributed by atoms with Gasteiger partial charge in [-0.15, -0.1) is 0 Å². The van der Waals surface area contributed by atoms with Crippen LogP contribution in [0.25, 0.3) is 0 Å². The van der Waals surface area contributed by atoms with Crippen LogP contribution in [0, 0.1) is 5.92 Å². The number of nitrogens with two attached hydrogens (primary N) is 3. The Bertz CT molecular complexity index is 675. The lowest BCUT2D eigenvalue weighted by Gasteiger charge is -2.25. The smallest absolute Gasteiger partial charge is 0.326 e. The normalized spacial score (nSPS) is 15.4. The van der Waals surface area contributed by atoms with Crippen LogP contribution in [0.15, 0.2) is 0 Å². The summed E-state index contributed by atoms with van der Waals surface area (Å²) in [7, 11) is 0. The van der Waals surface area contributed by atoms with E-state index >= 15 is 0 Å². The molecule has 190 valence electrons. The number of aliphatic hydroxyl groups excluding tert-OH is 1. The second kappa shape index (κ2) is 15.9. The molecule has 0 spiro atoms. The number of hydrogen-bond acceptors (Lipinski definition) is 8. The van der Waals surface area contributed by atoms with Crippen molar-refractivity contribution in [2.75, 3.05) is 13.2 Å². The van der Waals surface area contributed by atoms with Gasteiger partial charge in [-0.05, 0) is 38.1 Å². The van der Waals surface area contributed by atoms with Crippen molar-refractivity contribution in [2.24, 2.45) is 23.1 Å². The van der Waals surface area contributed by atoms with Crippen molar-refractivity contribution in [3.8, 4) is 0 Å².